The Balaban J connectivity index is 2.21. The van der Waals surface area contributed by atoms with Gasteiger partial charge in [-0.05, 0) is 31.1 Å². The average Bonchev–Trinajstić information content (AvgIpc) is 2.06. The smallest absolute Gasteiger partial charge is 0.0922 e. The molecule has 1 rings (SSSR count). The first-order valence-electron chi connectivity index (χ1n) is 4.53. The van der Waals surface area contributed by atoms with Gasteiger partial charge < -0.3 is 5.11 Å². The zero-order valence-electron chi connectivity index (χ0n) is 6.93. The highest BCUT2D eigenvalue weighted by Gasteiger charge is 2.20. The Hall–Kier alpha value is -0.110. The maximum absolute atomic E-state index is 12.2. The molecule has 66 valence electrons. The summed E-state index contributed by atoms with van der Waals surface area (Å²) in [6.07, 6.45) is 5.27. The van der Waals surface area contributed by atoms with Crippen LogP contribution in [-0.2, 0) is 0 Å². The standard InChI is InChI=1S/C9H17FO/c10-7-9-3-1-2-8(6-9)4-5-11/h8-9,11H,1-7H2. The molecule has 11 heavy (non-hydrogen) atoms. The number of hydrogen-bond acceptors (Lipinski definition) is 1. The summed E-state index contributed by atoms with van der Waals surface area (Å²) < 4.78 is 12.2. The average molecular weight is 160 g/mol. The van der Waals surface area contributed by atoms with Crippen molar-refractivity contribution in [2.75, 3.05) is 13.3 Å². The van der Waals surface area contributed by atoms with Crippen LogP contribution in [0.15, 0.2) is 0 Å². The molecule has 1 nitrogen and oxygen atoms in total. The fourth-order valence-electron chi connectivity index (χ4n) is 1.99. The van der Waals surface area contributed by atoms with Crippen molar-refractivity contribution in [2.24, 2.45) is 11.8 Å². The van der Waals surface area contributed by atoms with E-state index in [4.69, 9.17) is 5.11 Å². The molecule has 1 N–H and O–H groups in total. The highest BCUT2D eigenvalue weighted by atomic mass is 19.1. The predicted molar refractivity (Wildman–Crippen MR) is 43.1 cm³/mol. The molecule has 0 bridgehead atoms. The van der Waals surface area contributed by atoms with Crippen LogP contribution in [0.25, 0.3) is 0 Å². The van der Waals surface area contributed by atoms with Gasteiger partial charge in [0.1, 0.15) is 0 Å². The van der Waals surface area contributed by atoms with E-state index in [9.17, 15) is 4.39 Å². The van der Waals surface area contributed by atoms with Gasteiger partial charge in [-0.2, -0.15) is 0 Å². The molecular formula is C9H17FO. The third-order valence-electron chi connectivity index (χ3n) is 2.65. The molecule has 0 aromatic carbocycles. The van der Waals surface area contributed by atoms with Crippen molar-refractivity contribution in [3.8, 4) is 0 Å². The molecule has 0 spiro atoms. The first-order valence-corrected chi connectivity index (χ1v) is 4.53. The van der Waals surface area contributed by atoms with Gasteiger partial charge in [-0.1, -0.05) is 12.8 Å². The molecule has 1 aliphatic rings. The van der Waals surface area contributed by atoms with E-state index in [1.54, 1.807) is 0 Å². The zero-order chi connectivity index (χ0) is 8.10. The van der Waals surface area contributed by atoms with E-state index in [1.165, 1.54) is 6.42 Å². The molecule has 1 saturated carbocycles. The van der Waals surface area contributed by atoms with Gasteiger partial charge in [-0.15, -0.1) is 0 Å². The largest absolute Gasteiger partial charge is 0.396 e. The Morgan fingerprint density at radius 3 is 2.64 bits per heavy atom. The Morgan fingerprint density at radius 2 is 2.00 bits per heavy atom. The highest BCUT2D eigenvalue weighted by molar-refractivity contribution is 4.72. The predicted octanol–water partition coefficient (Wildman–Crippen LogP) is 2.14. The Bertz CT molecular complexity index is 104. The number of aliphatic hydroxyl groups is 1. The fourth-order valence-corrected chi connectivity index (χ4v) is 1.99. The van der Waals surface area contributed by atoms with Gasteiger partial charge in [0.2, 0.25) is 0 Å². The fraction of sp³-hybridized carbons (Fsp3) is 1.00. The van der Waals surface area contributed by atoms with Crippen molar-refractivity contribution in [2.45, 2.75) is 32.1 Å². The summed E-state index contributed by atoms with van der Waals surface area (Å²) in [4.78, 5) is 0. The molecule has 2 atom stereocenters. The summed E-state index contributed by atoms with van der Waals surface area (Å²) in [6.45, 7) is 0.103. The molecule has 2 heteroatoms. The number of alkyl halides is 1. The lowest BCUT2D eigenvalue weighted by Crippen LogP contribution is -2.17. The molecule has 0 amide bonds. The minimum absolute atomic E-state index is 0.165. The summed E-state index contributed by atoms with van der Waals surface area (Å²) in [6, 6.07) is 0. The van der Waals surface area contributed by atoms with E-state index in [-0.39, 0.29) is 13.3 Å². The number of hydrogen-bond donors (Lipinski definition) is 1. The summed E-state index contributed by atoms with van der Waals surface area (Å²) in [5, 5.41) is 8.68. The zero-order valence-corrected chi connectivity index (χ0v) is 6.93. The highest BCUT2D eigenvalue weighted by Crippen LogP contribution is 2.30. The van der Waals surface area contributed by atoms with Gasteiger partial charge in [0, 0.05) is 6.61 Å². The van der Waals surface area contributed by atoms with Gasteiger partial charge in [-0.25, -0.2) is 0 Å². The first kappa shape index (κ1) is 8.98. The lowest BCUT2D eigenvalue weighted by atomic mass is 9.81. The van der Waals surface area contributed by atoms with Gasteiger partial charge in [0.25, 0.3) is 0 Å². The van der Waals surface area contributed by atoms with E-state index >= 15 is 0 Å². The van der Waals surface area contributed by atoms with Crippen molar-refractivity contribution in [3.05, 3.63) is 0 Å². The van der Waals surface area contributed by atoms with Gasteiger partial charge >= 0.3 is 0 Å². The van der Waals surface area contributed by atoms with Crippen molar-refractivity contribution in [1.29, 1.82) is 0 Å². The molecule has 0 aliphatic heterocycles. The van der Waals surface area contributed by atoms with E-state index in [0.717, 1.165) is 25.7 Å². The first-order chi connectivity index (χ1) is 5.36. The minimum Gasteiger partial charge on any atom is -0.396 e. The van der Waals surface area contributed by atoms with Crippen LogP contribution in [0.5, 0.6) is 0 Å². The summed E-state index contributed by atoms with van der Waals surface area (Å²) in [5.41, 5.74) is 0. The van der Waals surface area contributed by atoms with E-state index in [2.05, 4.69) is 0 Å². The SMILES string of the molecule is OCCC1CCCC(CF)C1. The third-order valence-corrected chi connectivity index (χ3v) is 2.65. The second-order valence-corrected chi connectivity index (χ2v) is 3.57. The second kappa shape index (κ2) is 4.70. The maximum atomic E-state index is 12.2. The van der Waals surface area contributed by atoms with Crippen LogP contribution in [0.4, 0.5) is 4.39 Å². The minimum atomic E-state index is -0.165. The van der Waals surface area contributed by atoms with Crippen molar-refractivity contribution in [3.63, 3.8) is 0 Å². The lowest BCUT2D eigenvalue weighted by molar-refractivity contribution is 0.181. The van der Waals surface area contributed by atoms with E-state index in [0.29, 0.717) is 11.8 Å². The second-order valence-electron chi connectivity index (χ2n) is 3.57. The molecular weight excluding hydrogens is 143 g/mol. The molecule has 0 heterocycles. The molecule has 2 unspecified atom stereocenters. The molecule has 0 aromatic heterocycles. The Morgan fingerprint density at radius 1 is 1.27 bits per heavy atom. The van der Waals surface area contributed by atoms with Crippen LogP contribution in [0, 0.1) is 11.8 Å². The van der Waals surface area contributed by atoms with Crippen molar-refractivity contribution < 1.29 is 9.50 Å². The van der Waals surface area contributed by atoms with Crippen LogP contribution in [0.1, 0.15) is 32.1 Å². The molecule has 1 fully saturated rings. The van der Waals surface area contributed by atoms with Crippen molar-refractivity contribution >= 4 is 0 Å². The van der Waals surface area contributed by atoms with Gasteiger partial charge in [-0.3, -0.25) is 4.39 Å². The lowest BCUT2D eigenvalue weighted by Gasteiger charge is -2.26. The number of rotatable bonds is 3. The van der Waals surface area contributed by atoms with Crippen LogP contribution in [0.3, 0.4) is 0 Å². The number of halogens is 1. The Kier molecular flexibility index (Phi) is 3.84. The van der Waals surface area contributed by atoms with Crippen molar-refractivity contribution in [1.82, 2.24) is 0 Å². The van der Waals surface area contributed by atoms with Crippen LogP contribution < -0.4 is 0 Å². The quantitative estimate of drug-likeness (QED) is 0.670. The van der Waals surface area contributed by atoms with Gasteiger partial charge in [0.15, 0.2) is 0 Å². The molecule has 1 aliphatic carbocycles. The normalized spacial score (nSPS) is 32.2. The molecule has 0 aromatic rings. The maximum Gasteiger partial charge on any atom is 0.0922 e. The van der Waals surface area contributed by atoms with Crippen LogP contribution >= 0.6 is 0 Å². The van der Waals surface area contributed by atoms with Crippen LogP contribution in [0.2, 0.25) is 0 Å². The Labute approximate surface area is 67.6 Å². The number of aliphatic hydroxyl groups excluding tert-OH is 1. The summed E-state index contributed by atoms with van der Waals surface area (Å²) in [7, 11) is 0. The molecule has 0 saturated heterocycles. The van der Waals surface area contributed by atoms with Crippen LogP contribution in [-0.4, -0.2) is 18.4 Å². The molecule has 0 radical (unpaired) electrons. The van der Waals surface area contributed by atoms with E-state index < -0.39 is 0 Å². The monoisotopic (exact) mass is 160 g/mol. The topological polar surface area (TPSA) is 20.2 Å². The van der Waals surface area contributed by atoms with Gasteiger partial charge in [0.05, 0.1) is 6.67 Å². The van der Waals surface area contributed by atoms with E-state index in [1.807, 2.05) is 0 Å². The summed E-state index contributed by atoms with van der Waals surface area (Å²) in [5.74, 6) is 0.884. The third kappa shape index (κ3) is 2.78. The summed E-state index contributed by atoms with van der Waals surface area (Å²) >= 11 is 0.